The van der Waals surface area contributed by atoms with Crippen molar-refractivity contribution >= 4 is 17.7 Å². The van der Waals surface area contributed by atoms with Crippen LogP contribution in [-0.2, 0) is 5.75 Å². The number of furan rings is 1. The molecule has 0 aliphatic heterocycles. The molecule has 1 amide bonds. The first-order valence-electron chi connectivity index (χ1n) is 7.89. The Kier molecular flexibility index (Phi) is 6.30. The molecule has 0 fully saturated rings. The second kappa shape index (κ2) is 8.22. The van der Waals surface area contributed by atoms with Crippen LogP contribution in [0.25, 0.3) is 0 Å². The zero-order valence-corrected chi connectivity index (χ0v) is 14.5. The number of thioether (sulfide) groups is 1. The van der Waals surface area contributed by atoms with Gasteiger partial charge in [-0.05, 0) is 31.0 Å². The van der Waals surface area contributed by atoms with Gasteiger partial charge >= 0.3 is 0 Å². The highest BCUT2D eigenvalue weighted by molar-refractivity contribution is 7.98. The Labute approximate surface area is 141 Å². The molecule has 1 aromatic heterocycles. The van der Waals surface area contributed by atoms with Crippen molar-refractivity contribution in [3.63, 3.8) is 0 Å². The minimum Gasteiger partial charge on any atom is -0.459 e. The summed E-state index contributed by atoms with van der Waals surface area (Å²) in [5, 5.41) is 2.90. The average Bonchev–Trinajstić information content (AvgIpc) is 3.07. The maximum atomic E-state index is 12.3. The van der Waals surface area contributed by atoms with Gasteiger partial charge in [0.2, 0.25) is 0 Å². The van der Waals surface area contributed by atoms with E-state index in [-0.39, 0.29) is 11.4 Å². The van der Waals surface area contributed by atoms with Crippen molar-refractivity contribution in [2.24, 2.45) is 5.73 Å². The smallest absolute Gasteiger partial charge is 0.287 e. The molecule has 124 valence electrons. The first kappa shape index (κ1) is 17.6. The van der Waals surface area contributed by atoms with Crippen LogP contribution < -0.4 is 11.1 Å². The number of benzene rings is 1. The first-order valence-corrected chi connectivity index (χ1v) is 8.88. The number of carbonyl (C=O) groups is 1. The Morgan fingerprint density at radius 1 is 1.22 bits per heavy atom. The molecule has 0 radical (unpaired) electrons. The van der Waals surface area contributed by atoms with Crippen molar-refractivity contribution in [2.45, 2.75) is 42.9 Å². The van der Waals surface area contributed by atoms with Crippen molar-refractivity contribution < 1.29 is 9.21 Å². The molecular formula is C18H24N2O2S. The summed E-state index contributed by atoms with van der Waals surface area (Å²) in [6.07, 6.45) is 3.20. The van der Waals surface area contributed by atoms with E-state index >= 15 is 0 Å². The molecule has 0 aliphatic rings. The molecule has 0 aliphatic carbocycles. The summed E-state index contributed by atoms with van der Waals surface area (Å²) < 4.78 is 5.38. The van der Waals surface area contributed by atoms with Crippen LogP contribution in [0.4, 0.5) is 0 Å². The van der Waals surface area contributed by atoms with Crippen LogP contribution in [0.2, 0.25) is 0 Å². The fourth-order valence-corrected chi connectivity index (χ4v) is 3.06. The predicted octanol–water partition coefficient (Wildman–Crippen LogP) is 3.82. The van der Waals surface area contributed by atoms with Crippen LogP contribution in [0.5, 0.6) is 0 Å². The van der Waals surface area contributed by atoms with Gasteiger partial charge in [-0.15, -0.1) is 11.8 Å². The second-order valence-corrected chi connectivity index (χ2v) is 6.68. The van der Waals surface area contributed by atoms with Crippen molar-refractivity contribution in [1.82, 2.24) is 5.32 Å². The number of hydrogen-bond donors (Lipinski definition) is 2. The van der Waals surface area contributed by atoms with Crippen LogP contribution in [0, 0.1) is 0 Å². The third-order valence-corrected chi connectivity index (χ3v) is 5.16. The highest BCUT2D eigenvalue weighted by atomic mass is 32.2. The molecule has 1 heterocycles. The van der Waals surface area contributed by atoms with Gasteiger partial charge in [0.25, 0.3) is 5.91 Å². The number of amides is 1. The van der Waals surface area contributed by atoms with E-state index in [2.05, 4.69) is 17.4 Å². The summed E-state index contributed by atoms with van der Waals surface area (Å²) in [7, 11) is 0. The maximum absolute atomic E-state index is 12.3. The molecule has 0 saturated heterocycles. The third kappa shape index (κ3) is 4.88. The summed E-state index contributed by atoms with van der Waals surface area (Å²) in [5.41, 5.74) is 6.76. The monoisotopic (exact) mass is 332 g/mol. The van der Waals surface area contributed by atoms with Gasteiger partial charge < -0.3 is 15.5 Å². The fourth-order valence-electron chi connectivity index (χ4n) is 2.16. The topological polar surface area (TPSA) is 68.3 Å². The van der Waals surface area contributed by atoms with Crippen molar-refractivity contribution in [1.29, 1.82) is 0 Å². The van der Waals surface area contributed by atoms with E-state index in [1.165, 1.54) is 0 Å². The standard InChI is InChI=1S/C18H24N2O2S/c1-3-18(19,4-2)13-20-17(21)16-14(10-11-22-16)12-23-15-8-6-5-7-9-15/h5-11H,3-4,12-13,19H2,1-2H3,(H,20,21). The molecule has 0 saturated carbocycles. The number of carbonyl (C=O) groups excluding carboxylic acids is 1. The summed E-state index contributed by atoms with van der Waals surface area (Å²) >= 11 is 1.68. The molecule has 0 spiro atoms. The SMILES string of the molecule is CCC(N)(CC)CNC(=O)c1occc1CSc1ccccc1. The van der Waals surface area contributed by atoms with Gasteiger partial charge in [0, 0.05) is 28.3 Å². The molecule has 1 aromatic carbocycles. The van der Waals surface area contributed by atoms with Gasteiger partial charge in [-0.1, -0.05) is 32.0 Å². The van der Waals surface area contributed by atoms with Crippen molar-refractivity contribution in [3.05, 3.63) is 54.0 Å². The van der Waals surface area contributed by atoms with E-state index in [1.807, 2.05) is 38.1 Å². The summed E-state index contributed by atoms with van der Waals surface area (Å²) in [6, 6.07) is 11.9. The van der Waals surface area contributed by atoms with Gasteiger partial charge in [0.1, 0.15) is 0 Å². The highest BCUT2D eigenvalue weighted by Crippen LogP contribution is 2.24. The van der Waals surface area contributed by atoms with E-state index in [1.54, 1.807) is 18.0 Å². The molecule has 0 bridgehead atoms. The van der Waals surface area contributed by atoms with E-state index in [4.69, 9.17) is 10.2 Å². The Balaban J connectivity index is 1.96. The Morgan fingerprint density at radius 2 is 1.91 bits per heavy atom. The first-order chi connectivity index (χ1) is 11.1. The molecule has 5 heteroatoms. The van der Waals surface area contributed by atoms with Gasteiger partial charge in [0.15, 0.2) is 5.76 Å². The minimum atomic E-state index is -0.360. The van der Waals surface area contributed by atoms with E-state index in [0.29, 0.717) is 18.1 Å². The second-order valence-electron chi connectivity index (χ2n) is 5.63. The lowest BCUT2D eigenvalue weighted by Crippen LogP contribution is -2.49. The predicted molar refractivity (Wildman–Crippen MR) is 94.5 cm³/mol. The molecule has 2 rings (SSSR count). The number of rotatable bonds is 8. The zero-order chi connectivity index (χ0) is 16.7. The molecule has 0 atom stereocenters. The lowest BCUT2D eigenvalue weighted by molar-refractivity contribution is 0.0913. The molecule has 0 unspecified atom stereocenters. The number of nitrogens with two attached hydrogens (primary N) is 1. The summed E-state index contributed by atoms with van der Waals surface area (Å²) in [5.74, 6) is 0.872. The summed E-state index contributed by atoms with van der Waals surface area (Å²) in [4.78, 5) is 13.5. The van der Waals surface area contributed by atoms with E-state index < -0.39 is 0 Å². The summed E-state index contributed by atoms with van der Waals surface area (Å²) in [6.45, 7) is 4.51. The molecule has 3 N–H and O–H groups in total. The fraction of sp³-hybridized carbons (Fsp3) is 0.389. The van der Waals surface area contributed by atoms with Crippen LogP contribution in [0.1, 0.15) is 42.8 Å². The normalized spacial score (nSPS) is 11.4. The third-order valence-electron chi connectivity index (χ3n) is 4.10. The van der Waals surface area contributed by atoms with Gasteiger partial charge in [-0.2, -0.15) is 0 Å². The van der Waals surface area contributed by atoms with Crippen LogP contribution >= 0.6 is 11.8 Å². The average molecular weight is 332 g/mol. The molecular weight excluding hydrogens is 308 g/mol. The van der Waals surface area contributed by atoms with Crippen LogP contribution in [-0.4, -0.2) is 18.0 Å². The quantitative estimate of drug-likeness (QED) is 0.721. The Bertz CT molecular complexity index is 621. The minimum absolute atomic E-state index is 0.199. The van der Waals surface area contributed by atoms with E-state index in [9.17, 15) is 4.79 Å². The zero-order valence-electron chi connectivity index (χ0n) is 13.7. The van der Waals surface area contributed by atoms with Crippen molar-refractivity contribution in [2.75, 3.05) is 6.54 Å². The van der Waals surface area contributed by atoms with Gasteiger partial charge in [-0.25, -0.2) is 0 Å². The molecule has 23 heavy (non-hydrogen) atoms. The Morgan fingerprint density at radius 3 is 2.57 bits per heavy atom. The molecule has 4 nitrogen and oxygen atoms in total. The van der Waals surface area contributed by atoms with Crippen LogP contribution in [0.3, 0.4) is 0 Å². The Hall–Kier alpha value is -1.72. The van der Waals surface area contributed by atoms with Crippen LogP contribution in [0.15, 0.2) is 52.0 Å². The lowest BCUT2D eigenvalue weighted by Gasteiger charge is -2.26. The lowest BCUT2D eigenvalue weighted by atomic mass is 9.94. The van der Waals surface area contributed by atoms with Gasteiger partial charge in [-0.3, -0.25) is 4.79 Å². The molecule has 2 aromatic rings. The largest absolute Gasteiger partial charge is 0.459 e. The number of nitrogens with one attached hydrogen (secondary N) is 1. The van der Waals surface area contributed by atoms with Crippen molar-refractivity contribution in [3.8, 4) is 0 Å². The maximum Gasteiger partial charge on any atom is 0.287 e. The van der Waals surface area contributed by atoms with Gasteiger partial charge in [0.05, 0.1) is 6.26 Å². The number of hydrogen-bond acceptors (Lipinski definition) is 4. The van der Waals surface area contributed by atoms with E-state index in [0.717, 1.165) is 23.3 Å². The highest BCUT2D eigenvalue weighted by Gasteiger charge is 2.23.